The molecule has 3 heteroatoms. The quantitative estimate of drug-likeness (QED) is 0.380. The Balaban J connectivity index is 2.64. The zero-order valence-electron chi connectivity index (χ0n) is 22.1. The molecule has 2 rings (SSSR count). The molecular weight excluding hydrogens is 397 g/mol. The van der Waals surface area contributed by atoms with Gasteiger partial charge in [-0.25, -0.2) is 0 Å². The van der Waals surface area contributed by atoms with E-state index in [-0.39, 0.29) is 10.8 Å². The van der Waals surface area contributed by atoms with Crippen LogP contribution in [0, 0.1) is 10.8 Å². The zero-order valence-corrected chi connectivity index (χ0v) is 25.1. The Bertz CT molecular complexity index is 734. The first-order chi connectivity index (χ1) is 12.7. The van der Waals surface area contributed by atoms with Gasteiger partial charge in [-0.05, 0) is 23.7 Å². The number of rotatable bonds is 4. The third kappa shape index (κ3) is 5.10. The van der Waals surface area contributed by atoms with E-state index < -0.39 is 24.2 Å². The van der Waals surface area contributed by atoms with Crippen LogP contribution in [0.5, 0.6) is 0 Å². The van der Waals surface area contributed by atoms with Crippen LogP contribution in [0.25, 0.3) is 0 Å². The molecule has 0 radical (unpaired) electrons. The fourth-order valence-electron chi connectivity index (χ4n) is 4.80. The highest BCUT2D eigenvalue weighted by Crippen LogP contribution is 2.50. The summed E-state index contributed by atoms with van der Waals surface area (Å²) in [6.45, 7) is 35.1. The smallest absolute Gasteiger partial charge is 0.0731 e. The molecule has 29 heavy (non-hydrogen) atoms. The van der Waals surface area contributed by atoms with Gasteiger partial charge < -0.3 is 0 Å². The molecule has 164 valence electrons. The Kier molecular flexibility index (Phi) is 6.30. The summed E-state index contributed by atoms with van der Waals surface area (Å²) in [5.41, 5.74) is 3.89. The molecule has 0 spiro atoms. The fourth-order valence-corrected chi connectivity index (χ4v) is 15.2. The largest absolute Gasteiger partial charge is 0.103 e. The van der Waals surface area contributed by atoms with Crippen molar-refractivity contribution in [2.24, 2.45) is 10.8 Å². The van der Waals surface area contributed by atoms with E-state index >= 15 is 0 Å². The number of hydrogen-bond acceptors (Lipinski definition) is 0. The van der Waals surface area contributed by atoms with Crippen LogP contribution in [0.3, 0.4) is 0 Å². The summed E-state index contributed by atoms with van der Waals surface area (Å²) >= 11 is 0. The van der Waals surface area contributed by atoms with Crippen molar-refractivity contribution in [3.05, 3.63) is 44.1 Å². The Labute approximate surface area is 185 Å². The van der Waals surface area contributed by atoms with Crippen molar-refractivity contribution in [2.75, 3.05) is 0 Å². The predicted molar refractivity (Wildman–Crippen MR) is 143 cm³/mol. The third-order valence-electron chi connectivity index (χ3n) is 7.07. The van der Waals surface area contributed by atoms with E-state index in [0.29, 0.717) is 0 Å². The van der Waals surface area contributed by atoms with Gasteiger partial charge in [0.05, 0.1) is 16.1 Å². The Hall–Kier alpha value is -0.389. The standard InChI is InChI=1S/C26H48Si3/c1-25(2,3)19-15-21(27(7,8)9)23(17-19)29(13,14)24-18-20(26(4,5)6)16-22(24)28(10,11)12/h15-16H,17-18H2,1-14H3. The normalized spacial score (nSPS) is 19.9. The first-order valence-electron chi connectivity index (χ1n) is 11.6. The van der Waals surface area contributed by atoms with Gasteiger partial charge >= 0.3 is 0 Å². The van der Waals surface area contributed by atoms with Crippen LogP contribution in [0.15, 0.2) is 44.1 Å². The summed E-state index contributed by atoms with van der Waals surface area (Å²) in [6, 6.07) is 0. The molecule has 0 aromatic rings. The summed E-state index contributed by atoms with van der Waals surface area (Å²) in [7, 11) is -4.46. The molecule has 2 aliphatic rings. The second kappa shape index (κ2) is 7.34. The molecule has 0 nitrogen and oxygen atoms in total. The summed E-state index contributed by atoms with van der Waals surface area (Å²) in [5, 5.41) is 7.31. The minimum atomic E-state index is -1.70. The Morgan fingerprint density at radius 1 is 0.552 bits per heavy atom. The summed E-state index contributed by atoms with van der Waals surface area (Å²) in [4.78, 5) is 0. The maximum atomic E-state index is 2.68. The third-order valence-corrected chi connectivity index (χ3v) is 15.6. The van der Waals surface area contributed by atoms with E-state index in [4.69, 9.17) is 0 Å². The highest BCUT2D eigenvalue weighted by Gasteiger charge is 2.44. The molecule has 0 unspecified atom stereocenters. The van der Waals surface area contributed by atoms with E-state index in [1.165, 1.54) is 12.8 Å². The SMILES string of the molecule is CC(C)(C)C1=CC([Si](C)(C)C)=C([Si](C)(C)C2=C([Si](C)(C)C)C=C(C(C)(C)C)C2)C1. The van der Waals surface area contributed by atoms with Crippen molar-refractivity contribution in [3.63, 3.8) is 0 Å². The summed E-state index contributed by atoms with van der Waals surface area (Å²) in [6.07, 6.45) is 7.77. The lowest BCUT2D eigenvalue weighted by molar-refractivity contribution is 0.495. The molecule has 0 atom stereocenters. The lowest BCUT2D eigenvalue weighted by Crippen LogP contribution is -2.39. The predicted octanol–water partition coefficient (Wildman–Crippen LogP) is 8.87. The second-order valence-corrected chi connectivity index (χ2v) is 28.6. The molecule has 0 N–H and O–H groups in total. The average Bonchev–Trinajstić information content (AvgIpc) is 3.10. The summed E-state index contributed by atoms with van der Waals surface area (Å²) < 4.78 is 0. The first-order valence-corrected chi connectivity index (χ1v) is 21.6. The molecule has 2 aliphatic carbocycles. The first kappa shape index (κ1) is 24.9. The van der Waals surface area contributed by atoms with Crippen LogP contribution >= 0.6 is 0 Å². The van der Waals surface area contributed by atoms with E-state index in [2.05, 4.69) is 106 Å². The molecule has 0 aromatic heterocycles. The minimum absolute atomic E-state index is 0.275. The summed E-state index contributed by atoms with van der Waals surface area (Å²) in [5.74, 6) is 0. The molecule has 0 bridgehead atoms. The van der Waals surface area contributed by atoms with Crippen molar-refractivity contribution < 1.29 is 0 Å². The lowest BCUT2D eigenvalue weighted by atomic mass is 9.86. The van der Waals surface area contributed by atoms with Crippen molar-refractivity contribution >= 4 is 24.2 Å². The van der Waals surface area contributed by atoms with Gasteiger partial charge in [-0.15, -0.1) is 0 Å². The molecule has 0 saturated heterocycles. The maximum absolute atomic E-state index is 2.68. The van der Waals surface area contributed by atoms with Gasteiger partial charge in [0, 0.05) is 0 Å². The van der Waals surface area contributed by atoms with Crippen molar-refractivity contribution in [2.45, 2.75) is 107 Å². The van der Waals surface area contributed by atoms with Gasteiger partial charge in [-0.2, -0.15) is 0 Å². The van der Waals surface area contributed by atoms with E-state index in [1.807, 2.05) is 10.4 Å². The van der Waals surface area contributed by atoms with Crippen LogP contribution in [-0.2, 0) is 0 Å². The maximum Gasteiger partial charge on any atom is 0.103 e. The molecule has 0 amide bonds. The fraction of sp³-hybridized carbons (Fsp3) is 0.692. The minimum Gasteiger partial charge on any atom is -0.0731 e. The van der Waals surface area contributed by atoms with E-state index in [9.17, 15) is 0 Å². The molecule has 0 fully saturated rings. The van der Waals surface area contributed by atoms with Crippen molar-refractivity contribution in [3.8, 4) is 0 Å². The zero-order chi connectivity index (χ0) is 22.8. The molecule has 0 aromatic carbocycles. The van der Waals surface area contributed by atoms with Crippen molar-refractivity contribution in [1.82, 2.24) is 0 Å². The van der Waals surface area contributed by atoms with Crippen LogP contribution in [0.4, 0.5) is 0 Å². The molecular formula is C26H48Si3. The van der Waals surface area contributed by atoms with Crippen LogP contribution < -0.4 is 0 Å². The molecule has 0 saturated carbocycles. The van der Waals surface area contributed by atoms with Gasteiger partial charge in [0.15, 0.2) is 0 Å². The Morgan fingerprint density at radius 2 is 0.828 bits per heavy atom. The van der Waals surface area contributed by atoms with Crippen LogP contribution in [0.1, 0.15) is 54.4 Å². The monoisotopic (exact) mass is 444 g/mol. The average molecular weight is 445 g/mol. The van der Waals surface area contributed by atoms with Crippen LogP contribution in [0.2, 0.25) is 52.4 Å². The van der Waals surface area contributed by atoms with Gasteiger partial charge in [-0.3, -0.25) is 0 Å². The van der Waals surface area contributed by atoms with E-state index in [0.717, 1.165) is 0 Å². The van der Waals surface area contributed by atoms with Gasteiger partial charge in [0.25, 0.3) is 0 Å². The topological polar surface area (TPSA) is 0 Å². The number of hydrogen-bond donors (Lipinski definition) is 0. The molecule has 0 aliphatic heterocycles. The van der Waals surface area contributed by atoms with Gasteiger partial charge in [0.2, 0.25) is 0 Å². The highest BCUT2D eigenvalue weighted by molar-refractivity contribution is 6.96. The second-order valence-electron chi connectivity index (χ2n) is 14.1. The van der Waals surface area contributed by atoms with Crippen LogP contribution in [-0.4, -0.2) is 24.2 Å². The Morgan fingerprint density at radius 3 is 1.03 bits per heavy atom. The van der Waals surface area contributed by atoms with Gasteiger partial charge in [0.1, 0.15) is 8.07 Å². The van der Waals surface area contributed by atoms with Crippen molar-refractivity contribution in [1.29, 1.82) is 0 Å². The number of allylic oxidation sites excluding steroid dienone is 8. The highest BCUT2D eigenvalue weighted by atomic mass is 28.3. The molecule has 0 heterocycles. The van der Waals surface area contributed by atoms with Gasteiger partial charge in [-0.1, -0.05) is 138 Å². The van der Waals surface area contributed by atoms with E-state index in [1.54, 1.807) is 21.5 Å². The lowest BCUT2D eigenvalue weighted by Gasteiger charge is -2.35.